The lowest BCUT2D eigenvalue weighted by Crippen LogP contribution is -2.54. The third kappa shape index (κ3) is 3.78. The fourth-order valence-electron chi connectivity index (χ4n) is 5.94. The second kappa shape index (κ2) is 8.39. The zero-order valence-corrected chi connectivity index (χ0v) is 19.1. The summed E-state index contributed by atoms with van der Waals surface area (Å²) in [4.78, 5) is 0. The van der Waals surface area contributed by atoms with Crippen molar-refractivity contribution in [3.05, 3.63) is 33.9 Å². The molecule has 2 aliphatic carbocycles. The molecule has 0 amide bonds. The minimum absolute atomic E-state index is 0.120. The molecule has 31 heavy (non-hydrogen) atoms. The first-order valence-corrected chi connectivity index (χ1v) is 11.5. The van der Waals surface area contributed by atoms with Crippen molar-refractivity contribution in [3.8, 4) is 11.5 Å². The van der Waals surface area contributed by atoms with Crippen molar-refractivity contribution in [2.45, 2.75) is 96.2 Å². The Kier molecular flexibility index (Phi) is 6.12. The molecule has 6 heteroatoms. The van der Waals surface area contributed by atoms with E-state index in [-0.39, 0.29) is 24.2 Å². The largest absolute Gasteiger partial charge is 0.504 e. The van der Waals surface area contributed by atoms with Gasteiger partial charge in [-0.1, -0.05) is 25.5 Å². The van der Waals surface area contributed by atoms with Crippen LogP contribution in [0, 0.1) is 12.8 Å². The third-order valence-electron chi connectivity index (χ3n) is 7.48. The highest BCUT2D eigenvalue weighted by Gasteiger charge is 2.43. The SMILES string of the molecule is CC(C)=C[C@@H]1C[C@H](C)[C@H]2CC[C@H](C)c3c(O)c(O[C@H]4OC[C@@H](O)[C@@H](O)[C@@H]4O)c(C)c1c32. The number of allylic oxidation sites excluding steroid dienone is 2. The van der Waals surface area contributed by atoms with Crippen LogP contribution in [0.25, 0.3) is 0 Å². The van der Waals surface area contributed by atoms with Crippen LogP contribution in [0.3, 0.4) is 0 Å². The van der Waals surface area contributed by atoms with E-state index in [9.17, 15) is 20.4 Å². The van der Waals surface area contributed by atoms with Gasteiger partial charge < -0.3 is 29.9 Å². The van der Waals surface area contributed by atoms with Gasteiger partial charge in [0, 0.05) is 11.5 Å². The van der Waals surface area contributed by atoms with Crippen molar-refractivity contribution in [1.29, 1.82) is 0 Å². The molecule has 172 valence electrons. The van der Waals surface area contributed by atoms with Gasteiger partial charge in [-0.15, -0.1) is 0 Å². The topological polar surface area (TPSA) is 99.4 Å². The Morgan fingerprint density at radius 1 is 1.03 bits per heavy atom. The van der Waals surface area contributed by atoms with Crippen molar-refractivity contribution in [2.75, 3.05) is 6.61 Å². The van der Waals surface area contributed by atoms with Gasteiger partial charge >= 0.3 is 0 Å². The Morgan fingerprint density at radius 2 is 1.74 bits per heavy atom. The quantitative estimate of drug-likeness (QED) is 0.545. The standard InChI is InChI=1S/C25H36O6/c1-11(2)8-15-9-13(4)16-7-6-12(3)18-20(16)19(15)14(5)24(22(18)28)31-25-23(29)21(27)17(26)10-30-25/h8,12-13,15-17,21,23,25-29H,6-7,9-10H2,1-5H3/t12-,13-,15+,16+,17+,21+,23-,25+/m0/s1. The summed E-state index contributed by atoms with van der Waals surface area (Å²) in [5.74, 6) is 1.84. The lowest BCUT2D eigenvalue weighted by molar-refractivity contribution is -0.242. The van der Waals surface area contributed by atoms with Gasteiger partial charge in [0.25, 0.3) is 0 Å². The number of phenols is 1. The van der Waals surface area contributed by atoms with E-state index in [4.69, 9.17) is 9.47 Å². The molecular weight excluding hydrogens is 396 g/mol. The zero-order valence-electron chi connectivity index (χ0n) is 19.1. The third-order valence-corrected chi connectivity index (χ3v) is 7.48. The summed E-state index contributed by atoms with van der Waals surface area (Å²) in [6.07, 6.45) is 0.395. The van der Waals surface area contributed by atoms with Crippen molar-refractivity contribution in [2.24, 2.45) is 5.92 Å². The van der Waals surface area contributed by atoms with Gasteiger partial charge in [0.2, 0.25) is 6.29 Å². The lowest BCUT2D eigenvalue weighted by Gasteiger charge is -2.44. The second-order valence-corrected chi connectivity index (χ2v) is 10.1. The van der Waals surface area contributed by atoms with Crippen LogP contribution in [0.5, 0.6) is 11.5 Å². The Hall–Kier alpha value is -1.60. The first-order chi connectivity index (χ1) is 14.6. The fourth-order valence-corrected chi connectivity index (χ4v) is 5.94. The highest BCUT2D eigenvalue weighted by atomic mass is 16.7. The molecule has 1 heterocycles. The van der Waals surface area contributed by atoms with Crippen LogP contribution >= 0.6 is 0 Å². The average Bonchev–Trinajstić information content (AvgIpc) is 2.69. The van der Waals surface area contributed by atoms with E-state index in [1.807, 2.05) is 6.92 Å². The summed E-state index contributed by atoms with van der Waals surface area (Å²) in [6.45, 7) is 10.5. The number of rotatable bonds is 3. The maximum atomic E-state index is 11.3. The smallest absolute Gasteiger partial charge is 0.229 e. The van der Waals surface area contributed by atoms with E-state index in [2.05, 4.69) is 33.8 Å². The molecule has 3 aliphatic rings. The molecule has 1 aromatic carbocycles. The number of hydrogen-bond donors (Lipinski definition) is 4. The summed E-state index contributed by atoms with van der Waals surface area (Å²) < 4.78 is 11.5. The van der Waals surface area contributed by atoms with Gasteiger partial charge in [0.15, 0.2) is 11.5 Å². The molecule has 1 aliphatic heterocycles. The van der Waals surface area contributed by atoms with E-state index in [0.29, 0.717) is 17.6 Å². The number of hydrogen-bond acceptors (Lipinski definition) is 6. The predicted octanol–water partition coefficient (Wildman–Crippen LogP) is 3.59. The zero-order chi connectivity index (χ0) is 22.6. The Labute approximate surface area is 184 Å². The van der Waals surface area contributed by atoms with Crippen molar-refractivity contribution in [1.82, 2.24) is 0 Å². The van der Waals surface area contributed by atoms with Crippen molar-refractivity contribution < 1.29 is 29.9 Å². The molecule has 6 nitrogen and oxygen atoms in total. The number of benzene rings is 1. The number of phenolic OH excluding ortho intramolecular Hbond substituents is 1. The van der Waals surface area contributed by atoms with E-state index in [1.54, 1.807) is 0 Å². The maximum absolute atomic E-state index is 11.3. The van der Waals surface area contributed by atoms with Crippen LogP contribution in [0.4, 0.5) is 0 Å². The van der Waals surface area contributed by atoms with Gasteiger partial charge in [-0.2, -0.15) is 0 Å². The normalized spacial score (nSPS) is 37.2. The summed E-state index contributed by atoms with van der Waals surface area (Å²) in [5, 5.41) is 41.5. The molecule has 0 radical (unpaired) electrons. The molecule has 4 N–H and O–H groups in total. The Balaban J connectivity index is 1.85. The minimum atomic E-state index is -1.41. The van der Waals surface area contributed by atoms with Gasteiger partial charge in [0.1, 0.15) is 18.3 Å². The van der Waals surface area contributed by atoms with Crippen LogP contribution in [0.1, 0.15) is 87.0 Å². The van der Waals surface area contributed by atoms with Crippen LogP contribution < -0.4 is 4.74 Å². The molecule has 1 fully saturated rings. The molecule has 1 saturated heterocycles. The first kappa shape index (κ1) is 22.6. The van der Waals surface area contributed by atoms with E-state index >= 15 is 0 Å². The Bertz CT molecular complexity index is 873. The summed E-state index contributed by atoms with van der Waals surface area (Å²) >= 11 is 0. The molecule has 8 atom stereocenters. The van der Waals surface area contributed by atoms with E-state index in [1.165, 1.54) is 16.7 Å². The molecule has 0 aromatic heterocycles. The first-order valence-electron chi connectivity index (χ1n) is 11.5. The molecule has 0 bridgehead atoms. The number of aromatic hydroxyl groups is 1. The second-order valence-electron chi connectivity index (χ2n) is 10.1. The van der Waals surface area contributed by atoms with Gasteiger partial charge in [-0.3, -0.25) is 0 Å². The lowest BCUT2D eigenvalue weighted by atomic mass is 9.62. The molecule has 4 rings (SSSR count). The van der Waals surface area contributed by atoms with Crippen LogP contribution in [0.2, 0.25) is 0 Å². The van der Waals surface area contributed by atoms with Gasteiger partial charge in [-0.05, 0) is 74.5 Å². The van der Waals surface area contributed by atoms with Crippen molar-refractivity contribution in [3.63, 3.8) is 0 Å². The summed E-state index contributed by atoms with van der Waals surface area (Å²) in [6, 6.07) is 0. The summed E-state index contributed by atoms with van der Waals surface area (Å²) in [5.41, 5.74) is 5.58. The highest BCUT2D eigenvalue weighted by molar-refractivity contribution is 5.64. The van der Waals surface area contributed by atoms with E-state index in [0.717, 1.165) is 30.4 Å². The van der Waals surface area contributed by atoms with Gasteiger partial charge in [0.05, 0.1) is 6.61 Å². The Morgan fingerprint density at radius 3 is 2.42 bits per heavy atom. The molecule has 0 spiro atoms. The average molecular weight is 433 g/mol. The van der Waals surface area contributed by atoms with Crippen LogP contribution in [-0.4, -0.2) is 51.6 Å². The minimum Gasteiger partial charge on any atom is -0.504 e. The number of ether oxygens (including phenoxy) is 2. The molecular formula is C25H36O6. The number of aliphatic hydroxyl groups excluding tert-OH is 3. The monoisotopic (exact) mass is 432 g/mol. The van der Waals surface area contributed by atoms with Gasteiger partial charge in [-0.25, -0.2) is 0 Å². The van der Waals surface area contributed by atoms with E-state index < -0.39 is 24.6 Å². The number of aliphatic hydroxyl groups is 3. The summed E-state index contributed by atoms with van der Waals surface area (Å²) in [7, 11) is 0. The molecule has 0 unspecified atom stereocenters. The van der Waals surface area contributed by atoms with Crippen LogP contribution in [-0.2, 0) is 4.74 Å². The maximum Gasteiger partial charge on any atom is 0.229 e. The highest BCUT2D eigenvalue weighted by Crippen LogP contribution is 2.58. The fraction of sp³-hybridized carbons (Fsp3) is 0.680. The predicted molar refractivity (Wildman–Crippen MR) is 118 cm³/mol. The van der Waals surface area contributed by atoms with Crippen LogP contribution in [0.15, 0.2) is 11.6 Å². The molecule has 1 aromatic rings. The van der Waals surface area contributed by atoms with Crippen molar-refractivity contribution >= 4 is 0 Å². The molecule has 0 saturated carbocycles.